The van der Waals surface area contributed by atoms with Crippen molar-refractivity contribution in [2.45, 2.75) is 6.92 Å². The van der Waals surface area contributed by atoms with Crippen molar-refractivity contribution in [3.63, 3.8) is 0 Å². The minimum Gasteiger partial charge on any atom is -1.00 e. The van der Waals surface area contributed by atoms with Gasteiger partial charge in [0.15, 0.2) is 5.75 Å². The van der Waals surface area contributed by atoms with Crippen LogP contribution in [0.3, 0.4) is 0 Å². The molecule has 0 radical (unpaired) electrons. The van der Waals surface area contributed by atoms with Gasteiger partial charge in [0.05, 0.1) is 0 Å². The molecule has 0 N–H and O–H groups in total. The van der Waals surface area contributed by atoms with E-state index >= 15 is 0 Å². The topological polar surface area (TPSA) is 35.5 Å². The summed E-state index contributed by atoms with van der Waals surface area (Å²) in [6.45, 7) is 1.28. The molecule has 0 atom stereocenters. The van der Waals surface area contributed by atoms with Gasteiger partial charge in [-0.15, -0.1) is 0 Å². The Hall–Kier alpha value is -0.0300. The molecule has 3 nitrogen and oxygen atoms in total. The molecule has 0 spiro atoms. The number of rotatable bonds is 2. The molecular weight excluding hydrogens is 247 g/mol. The van der Waals surface area contributed by atoms with Gasteiger partial charge in [0.1, 0.15) is 0 Å². The summed E-state index contributed by atoms with van der Waals surface area (Å²) < 4.78 is 0.942. The molecule has 1 aromatic carbocycles. The van der Waals surface area contributed by atoms with Gasteiger partial charge in [-0.3, -0.25) is 9.78 Å². The number of halogens is 1. The molecule has 0 aromatic heterocycles. The molecule has 0 heterocycles. The molecule has 0 amide bonds. The molecule has 66 valence electrons. The second kappa shape index (κ2) is 6.43. The molecule has 0 saturated heterocycles. The average molecular weight is 255 g/mol. The van der Waals surface area contributed by atoms with Gasteiger partial charge in [-0.2, -0.15) is 0 Å². The van der Waals surface area contributed by atoms with Gasteiger partial charge >= 0.3 is 35.5 Å². The van der Waals surface area contributed by atoms with Crippen molar-refractivity contribution in [2.24, 2.45) is 0 Å². The summed E-state index contributed by atoms with van der Waals surface area (Å²) in [6, 6.07) is 6.96. The van der Waals surface area contributed by atoms with Crippen molar-refractivity contribution in [1.82, 2.24) is 0 Å². The molecule has 0 unspecified atom stereocenters. The van der Waals surface area contributed by atoms with Crippen LogP contribution in [0.2, 0.25) is 0 Å². The minimum absolute atomic E-state index is 0. The van der Waals surface area contributed by atoms with Crippen LogP contribution in [-0.2, 0) is 9.68 Å². The van der Waals surface area contributed by atoms with E-state index in [2.05, 4.69) is 25.7 Å². The molecular formula is C8H8BrNaO3. The SMILES string of the molecule is CC(=O)OOc1ccc(Br)cc1.[H-].[Na+]. The number of hydrogen-bond acceptors (Lipinski definition) is 3. The van der Waals surface area contributed by atoms with Gasteiger partial charge in [-0.25, -0.2) is 4.79 Å². The van der Waals surface area contributed by atoms with Crippen molar-refractivity contribution < 1.29 is 45.6 Å². The molecule has 0 bridgehead atoms. The monoisotopic (exact) mass is 254 g/mol. The Morgan fingerprint density at radius 3 is 2.38 bits per heavy atom. The Labute approximate surface area is 108 Å². The maximum absolute atomic E-state index is 10.3. The number of hydrogen-bond donors (Lipinski definition) is 0. The van der Waals surface area contributed by atoms with E-state index < -0.39 is 5.97 Å². The minimum atomic E-state index is -0.474. The zero-order valence-corrected chi connectivity index (χ0v) is 11.0. The van der Waals surface area contributed by atoms with Crippen LogP contribution in [0.5, 0.6) is 5.75 Å². The third kappa shape index (κ3) is 5.31. The summed E-state index contributed by atoms with van der Waals surface area (Å²) in [4.78, 5) is 19.3. The zero-order valence-electron chi connectivity index (χ0n) is 8.41. The van der Waals surface area contributed by atoms with E-state index in [1.165, 1.54) is 6.92 Å². The summed E-state index contributed by atoms with van der Waals surface area (Å²) in [6.07, 6.45) is 0. The van der Waals surface area contributed by atoms with Gasteiger partial charge in [0.2, 0.25) is 0 Å². The predicted octanol–water partition coefficient (Wildman–Crippen LogP) is -0.578. The Bertz CT molecular complexity index is 278. The summed E-state index contributed by atoms with van der Waals surface area (Å²) in [5.74, 6) is 0.0197. The molecule has 0 aliphatic heterocycles. The molecule has 0 saturated carbocycles. The van der Waals surface area contributed by atoms with E-state index in [4.69, 9.17) is 0 Å². The number of benzene rings is 1. The maximum Gasteiger partial charge on any atom is 1.00 e. The largest absolute Gasteiger partial charge is 1.00 e. The molecule has 1 rings (SSSR count). The Balaban J connectivity index is 0. The van der Waals surface area contributed by atoms with Crippen LogP contribution in [0.1, 0.15) is 8.35 Å². The summed E-state index contributed by atoms with van der Waals surface area (Å²) in [5.41, 5.74) is 0. The zero-order chi connectivity index (χ0) is 8.97. The first kappa shape index (κ1) is 13.0. The van der Waals surface area contributed by atoms with Crippen LogP contribution in [0.15, 0.2) is 28.7 Å². The summed E-state index contributed by atoms with van der Waals surface area (Å²) in [7, 11) is 0. The molecule has 1 aromatic rings. The average Bonchev–Trinajstić information content (AvgIpc) is 2.03. The quantitative estimate of drug-likeness (QED) is 0.403. The fraction of sp³-hybridized carbons (Fsp3) is 0.125. The Morgan fingerprint density at radius 2 is 1.92 bits per heavy atom. The second-order valence-electron chi connectivity index (χ2n) is 2.11. The van der Waals surface area contributed by atoms with Gasteiger partial charge < -0.3 is 1.43 Å². The van der Waals surface area contributed by atoms with Crippen LogP contribution < -0.4 is 34.4 Å². The molecule has 0 aliphatic carbocycles. The Kier molecular flexibility index (Phi) is 6.41. The maximum atomic E-state index is 10.3. The second-order valence-corrected chi connectivity index (χ2v) is 3.03. The van der Waals surface area contributed by atoms with Crippen LogP contribution in [0.25, 0.3) is 0 Å². The van der Waals surface area contributed by atoms with Gasteiger partial charge in [0, 0.05) is 11.4 Å². The summed E-state index contributed by atoms with van der Waals surface area (Å²) in [5, 5.41) is 0. The fourth-order valence-electron chi connectivity index (χ4n) is 0.597. The number of carbonyl (C=O) groups excluding carboxylic acids is 1. The van der Waals surface area contributed by atoms with E-state index in [0.717, 1.165) is 4.47 Å². The van der Waals surface area contributed by atoms with Crippen LogP contribution in [-0.4, -0.2) is 5.97 Å². The fourth-order valence-corrected chi connectivity index (χ4v) is 0.861. The molecule has 13 heavy (non-hydrogen) atoms. The Morgan fingerprint density at radius 1 is 1.38 bits per heavy atom. The molecule has 5 heteroatoms. The van der Waals surface area contributed by atoms with E-state index in [1.807, 2.05) is 0 Å². The van der Waals surface area contributed by atoms with Crippen molar-refractivity contribution in [3.8, 4) is 5.75 Å². The number of carbonyl (C=O) groups is 1. The first-order valence-electron chi connectivity index (χ1n) is 3.29. The first-order valence-corrected chi connectivity index (χ1v) is 4.08. The van der Waals surface area contributed by atoms with Crippen LogP contribution in [0, 0.1) is 0 Å². The van der Waals surface area contributed by atoms with Crippen molar-refractivity contribution in [3.05, 3.63) is 28.7 Å². The van der Waals surface area contributed by atoms with Crippen molar-refractivity contribution in [1.29, 1.82) is 0 Å². The standard InChI is InChI=1S/C8H7BrO3.Na.H/c1-6(10)11-12-8-4-2-7(9)3-5-8;;/h2-5H,1H3;;/q;+1;-1. The normalized spacial score (nSPS) is 8.46. The van der Waals surface area contributed by atoms with Crippen molar-refractivity contribution >= 4 is 21.9 Å². The predicted molar refractivity (Wildman–Crippen MR) is 47.6 cm³/mol. The van der Waals surface area contributed by atoms with Gasteiger partial charge in [0.25, 0.3) is 0 Å². The van der Waals surface area contributed by atoms with Gasteiger partial charge in [-0.05, 0) is 24.3 Å². The first-order chi connectivity index (χ1) is 5.68. The van der Waals surface area contributed by atoms with Crippen molar-refractivity contribution in [2.75, 3.05) is 0 Å². The van der Waals surface area contributed by atoms with E-state index in [1.54, 1.807) is 24.3 Å². The third-order valence-electron chi connectivity index (χ3n) is 1.07. The van der Waals surface area contributed by atoms with Gasteiger partial charge in [-0.1, -0.05) is 15.9 Å². The molecule has 0 fully saturated rings. The van der Waals surface area contributed by atoms with Crippen LogP contribution in [0.4, 0.5) is 0 Å². The smallest absolute Gasteiger partial charge is 1.00 e. The summed E-state index contributed by atoms with van der Waals surface area (Å²) >= 11 is 3.26. The molecule has 0 aliphatic rings. The third-order valence-corrected chi connectivity index (χ3v) is 1.60. The van der Waals surface area contributed by atoms with E-state index in [0.29, 0.717) is 5.75 Å². The van der Waals surface area contributed by atoms with E-state index in [9.17, 15) is 4.79 Å². The van der Waals surface area contributed by atoms with E-state index in [-0.39, 0.29) is 31.0 Å². The van der Waals surface area contributed by atoms with Crippen LogP contribution >= 0.6 is 15.9 Å².